The van der Waals surface area contributed by atoms with Crippen LogP contribution in [0.2, 0.25) is 0 Å². The Morgan fingerprint density at radius 1 is 1.41 bits per heavy atom. The Bertz CT molecular complexity index is 672. The van der Waals surface area contributed by atoms with Crippen molar-refractivity contribution in [3.8, 4) is 29.1 Å². The Balaban J connectivity index is 1.98. The van der Waals surface area contributed by atoms with Crippen molar-refractivity contribution in [3.63, 3.8) is 0 Å². The van der Waals surface area contributed by atoms with Crippen molar-refractivity contribution < 1.29 is 8.94 Å². The van der Waals surface area contributed by atoms with Crippen LogP contribution in [0.4, 0.5) is 0 Å². The van der Waals surface area contributed by atoms with E-state index < -0.39 is 0 Å². The Hall–Kier alpha value is -2.81. The fraction of sp³-hybridized carbons (Fsp3) is 0. The van der Waals surface area contributed by atoms with Crippen LogP contribution in [0, 0.1) is 11.3 Å². The Morgan fingerprint density at radius 3 is 3.06 bits per heavy atom. The van der Waals surface area contributed by atoms with Crippen molar-refractivity contribution in [1.29, 1.82) is 5.26 Å². The zero-order chi connectivity index (χ0) is 11.7. The summed E-state index contributed by atoms with van der Waals surface area (Å²) in [5, 5.41) is 12.5. The SMILES string of the molecule is N#Cc1cc(-c2nc(-c3ccco3)no2)c[nH]1. The van der Waals surface area contributed by atoms with Gasteiger partial charge in [0.15, 0.2) is 5.76 Å². The second-order valence-electron chi connectivity index (χ2n) is 3.31. The van der Waals surface area contributed by atoms with E-state index in [0.717, 1.165) is 0 Å². The predicted molar refractivity (Wildman–Crippen MR) is 56.5 cm³/mol. The number of hydrogen-bond donors (Lipinski definition) is 1. The van der Waals surface area contributed by atoms with Gasteiger partial charge < -0.3 is 13.9 Å². The number of nitriles is 1. The smallest absolute Gasteiger partial charge is 0.259 e. The number of H-pyrrole nitrogens is 1. The molecule has 0 aliphatic heterocycles. The van der Waals surface area contributed by atoms with Gasteiger partial charge in [-0.2, -0.15) is 10.2 Å². The number of nitrogens with zero attached hydrogens (tertiary/aromatic N) is 3. The highest BCUT2D eigenvalue weighted by atomic mass is 16.5. The molecule has 0 aromatic carbocycles. The molecule has 6 nitrogen and oxygen atoms in total. The third kappa shape index (κ3) is 1.59. The molecule has 1 N–H and O–H groups in total. The molecule has 0 radical (unpaired) electrons. The fourth-order valence-electron chi connectivity index (χ4n) is 1.43. The molecule has 0 unspecified atom stereocenters. The first-order valence-electron chi connectivity index (χ1n) is 4.83. The van der Waals surface area contributed by atoms with E-state index in [4.69, 9.17) is 14.2 Å². The largest absolute Gasteiger partial charge is 0.461 e. The topological polar surface area (TPSA) is 91.6 Å². The molecule has 82 valence electrons. The lowest BCUT2D eigenvalue weighted by Crippen LogP contribution is -1.76. The van der Waals surface area contributed by atoms with Crippen LogP contribution in [0.25, 0.3) is 23.0 Å². The van der Waals surface area contributed by atoms with Crippen molar-refractivity contribution >= 4 is 0 Å². The molecule has 3 heterocycles. The van der Waals surface area contributed by atoms with E-state index >= 15 is 0 Å². The molecule has 0 saturated heterocycles. The van der Waals surface area contributed by atoms with E-state index in [1.807, 2.05) is 6.07 Å². The molecular formula is C11H6N4O2. The molecule has 3 aromatic heterocycles. The van der Waals surface area contributed by atoms with Gasteiger partial charge in [0.2, 0.25) is 5.82 Å². The van der Waals surface area contributed by atoms with Gasteiger partial charge >= 0.3 is 0 Å². The van der Waals surface area contributed by atoms with Gasteiger partial charge in [-0.15, -0.1) is 0 Å². The first-order chi connectivity index (χ1) is 8.36. The van der Waals surface area contributed by atoms with Crippen molar-refractivity contribution in [2.45, 2.75) is 0 Å². The Labute approximate surface area is 95.5 Å². The number of nitrogens with one attached hydrogen (secondary N) is 1. The average molecular weight is 226 g/mol. The van der Waals surface area contributed by atoms with Gasteiger partial charge in [0.05, 0.1) is 11.8 Å². The van der Waals surface area contributed by atoms with Crippen LogP contribution in [0.5, 0.6) is 0 Å². The molecular weight excluding hydrogens is 220 g/mol. The monoisotopic (exact) mass is 226 g/mol. The van der Waals surface area contributed by atoms with E-state index in [2.05, 4.69) is 15.1 Å². The van der Waals surface area contributed by atoms with E-state index in [1.165, 1.54) is 6.26 Å². The van der Waals surface area contributed by atoms with Crippen molar-refractivity contribution in [3.05, 3.63) is 36.4 Å². The van der Waals surface area contributed by atoms with E-state index in [1.54, 1.807) is 24.4 Å². The minimum atomic E-state index is 0.342. The molecule has 3 rings (SSSR count). The molecule has 0 aliphatic carbocycles. The maximum Gasteiger partial charge on any atom is 0.259 e. The van der Waals surface area contributed by atoms with Gasteiger partial charge in [0, 0.05) is 6.20 Å². The summed E-state index contributed by atoms with van der Waals surface area (Å²) in [6.07, 6.45) is 3.17. The Kier molecular flexibility index (Phi) is 2.02. The number of aromatic nitrogens is 3. The molecule has 0 amide bonds. The summed E-state index contributed by atoms with van der Waals surface area (Å²) in [5.41, 5.74) is 1.12. The summed E-state index contributed by atoms with van der Waals surface area (Å²) in [6, 6.07) is 7.11. The van der Waals surface area contributed by atoms with Crippen LogP contribution in [0.3, 0.4) is 0 Å². The van der Waals surface area contributed by atoms with E-state index in [-0.39, 0.29) is 0 Å². The minimum absolute atomic E-state index is 0.342. The lowest BCUT2D eigenvalue weighted by Gasteiger charge is -1.83. The summed E-state index contributed by atoms with van der Waals surface area (Å²) < 4.78 is 10.2. The lowest BCUT2D eigenvalue weighted by atomic mass is 10.3. The second kappa shape index (κ2) is 3.64. The van der Waals surface area contributed by atoms with Gasteiger partial charge in [0.1, 0.15) is 11.8 Å². The van der Waals surface area contributed by atoms with Gasteiger partial charge in [-0.3, -0.25) is 0 Å². The van der Waals surface area contributed by atoms with Gasteiger partial charge in [-0.25, -0.2) is 0 Å². The summed E-state index contributed by atoms with van der Waals surface area (Å²) >= 11 is 0. The fourth-order valence-corrected chi connectivity index (χ4v) is 1.43. The highest BCUT2D eigenvalue weighted by molar-refractivity contribution is 5.57. The molecule has 17 heavy (non-hydrogen) atoms. The standard InChI is InChI=1S/C11H6N4O2/c12-5-8-4-7(6-13-8)11-14-10(15-17-11)9-2-1-3-16-9/h1-4,6,13H. The summed E-state index contributed by atoms with van der Waals surface area (Å²) in [7, 11) is 0. The van der Waals surface area contributed by atoms with Gasteiger partial charge in [-0.05, 0) is 18.2 Å². The number of furan rings is 1. The minimum Gasteiger partial charge on any atom is -0.461 e. The summed E-state index contributed by atoms with van der Waals surface area (Å²) in [5.74, 6) is 1.26. The zero-order valence-corrected chi connectivity index (χ0v) is 8.54. The summed E-state index contributed by atoms with van der Waals surface area (Å²) in [4.78, 5) is 6.96. The molecule has 0 bridgehead atoms. The first-order valence-corrected chi connectivity index (χ1v) is 4.83. The van der Waals surface area contributed by atoms with Crippen LogP contribution < -0.4 is 0 Å². The number of aromatic amines is 1. The third-order valence-electron chi connectivity index (χ3n) is 2.22. The van der Waals surface area contributed by atoms with Gasteiger partial charge in [0.25, 0.3) is 5.89 Å². The quantitative estimate of drug-likeness (QED) is 0.723. The maximum absolute atomic E-state index is 8.69. The average Bonchev–Trinajstić information content (AvgIpc) is 3.09. The van der Waals surface area contributed by atoms with Crippen LogP contribution in [0.1, 0.15) is 5.69 Å². The molecule has 0 saturated carbocycles. The summed E-state index contributed by atoms with van der Waals surface area (Å²) in [6.45, 7) is 0. The zero-order valence-electron chi connectivity index (χ0n) is 8.54. The predicted octanol–water partition coefficient (Wildman–Crippen LogP) is 2.20. The van der Waals surface area contributed by atoms with Crippen molar-refractivity contribution in [1.82, 2.24) is 15.1 Å². The third-order valence-corrected chi connectivity index (χ3v) is 2.22. The first kappa shape index (κ1) is 9.42. The highest BCUT2D eigenvalue weighted by Gasteiger charge is 2.13. The highest BCUT2D eigenvalue weighted by Crippen LogP contribution is 2.22. The molecule has 0 aliphatic rings. The normalized spacial score (nSPS) is 10.3. The van der Waals surface area contributed by atoms with Gasteiger partial charge in [-0.1, -0.05) is 5.16 Å². The van der Waals surface area contributed by atoms with Crippen LogP contribution >= 0.6 is 0 Å². The van der Waals surface area contributed by atoms with Crippen LogP contribution in [-0.4, -0.2) is 15.1 Å². The van der Waals surface area contributed by atoms with E-state index in [9.17, 15) is 0 Å². The molecule has 0 spiro atoms. The van der Waals surface area contributed by atoms with Crippen molar-refractivity contribution in [2.24, 2.45) is 0 Å². The molecule has 0 fully saturated rings. The molecule has 0 atom stereocenters. The maximum atomic E-state index is 8.69. The van der Waals surface area contributed by atoms with Crippen LogP contribution in [-0.2, 0) is 0 Å². The molecule has 6 heteroatoms. The number of rotatable bonds is 2. The Morgan fingerprint density at radius 2 is 2.35 bits per heavy atom. The molecule has 3 aromatic rings. The number of hydrogen-bond acceptors (Lipinski definition) is 5. The van der Waals surface area contributed by atoms with E-state index in [0.29, 0.717) is 28.7 Å². The van der Waals surface area contributed by atoms with Crippen molar-refractivity contribution in [2.75, 3.05) is 0 Å². The second-order valence-corrected chi connectivity index (χ2v) is 3.31. The van der Waals surface area contributed by atoms with Crippen LogP contribution in [0.15, 0.2) is 39.6 Å². The lowest BCUT2D eigenvalue weighted by molar-refractivity contribution is 0.429.